The zero-order valence-electron chi connectivity index (χ0n) is 9.63. The predicted octanol–water partition coefficient (Wildman–Crippen LogP) is 1.48. The molecular weight excluding hydrogens is 304 g/mol. The number of benzene rings is 1. The zero-order valence-corrected chi connectivity index (χ0v) is 12.0. The van der Waals surface area contributed by atoms with Crippen molar-refractivity contribution >= 4 is 26.1 Å². The summed E-state index contributed by atoms with van der Waals surface area (Å²) in [5, 5.41) is 0. The first kappa shape index (κ1) is 13.0. The Hall–Kier alpha value is -0.430. The van der Waals surface area contributed by atoms with Crippen molar-refractivity contribution in [2.24, 2.45) is 0 Å². The van der Waals surface area contributed by atoms with E-state index in [-0.39, 0.29) is 0 Å². The van der Waals surface area contributed by atoms with Crippen LogP contribution in [0.2, 0.25) is 0 Å². The first-order chi connectivity index (χ1) is 8.00. The van der Waals surface area contributed by atoms with Crippen LogP contribution in [0.1, 0.15) is 5.56 Å². The molecule has 0 aromatic heterocycles. The molecule has 2 rings (SSSR count). The molecule has 0 atom stereocenters. The molecule has 1 heterocycles. The standard InChI is InChI=1S/C11H15BrN2O2S/c1-13(17(15,16)14-7-8-14)6-5-10-3-2-4-11(12)9-10/h2-4,9H,5-8H2,1H3. The molecule has 0 spiro atoms. The summed E-state index contributed by atoms with van der Waals surface area (Å²) in [4.78, 5) is 0. The number of halogens is 1. The van der Waals surface area contributed by atoms with E-state index >= 15 is 0 Å². The zero-order chi connectivity index (χ0) is 12.5. The largest absolute Gasteiger partial charge is 0.281 e. The molecule has 0 N–H and O–H groups in total. The van der Waals surface area contributed by atoms with Crippen LogP contribution in [-0.4, -0.2) is 43.7 Å². The molecule has 94 valence electrons. The second-order valence-corrected chi connectivity index (χ2v) is 7.06. The summed E-state index contributed by atoms with van der Waals surface area (Å²) in [5.41, 5.74) is 1.13. The lowest BCUT2D eigenvalue weighted by atomic mass is 10.1. The Morgan fingerprint density at radius 1 is 1.41 bits per heavy atom. The molecule has 0 saturated carbocycles. The quantitative estimate of drug-likeness (QED) is 0.772. The van der Waals surface area contributed by atoms with Crippen molar-refractivity contribution in [1.29, 1.82) is 0 Å². The maximum absolute atomic E-state index is 11.8. The fourth-order valence-electron chi connectivity index (χ4n) is 1.56. The lowest BCUT2D eigenvalue weighted by Crippen LogP contribution is -2.33. The second kappa shape index (κ2) is 5.06. The minimum Gasteiger partial charge on any atom is -0.195 e. The van der Waals surface area contributed by atoms with Crippen LogP contribution in [0.15, 0.2) is 28.7 Å². The number of hydrogen-bond acceptors (Lipinski definition) is 2. The summed E-state index contributed by atoms with van der Waals surface area (Å²) in [6.45, 7) is 1.82. The molecular formula is C11H15BrN2O2S. The third-order valence-electron chi connectivity index (χ3n) is 2.73. The smallest absolute Gasteiger partial charge is 0.195 e. The molecule has 4 nitrogen and oxygen atoms in total. The van der Waals surface area contributed by atoms with Crippen molar-refractivity contribution in [3.63, 3.8) is 0 Å². The van der Waals surface area contributed by atoms with Crippen molar-refractivity contribution in [2.45, 2.75) is 6.42 Å². The van der Waals surface area contributed by atoms with Gasteiger partial charge < -0.3 is 0 Å². The van der Waals surface area contributed by atoms with Gasteiger partial charge in [0.2, 0.25) is 0 Å². The van der Waals surface area contributed by atoms with E-state index in [2.05, 4.69) is 15.9 Å². The number of likely N-dealkylation sites (N-methyl/N-ethyl adjacent to an activating group) is 1. The van der Waals surface area contributed by atoms with Crippen LogP contribution in [-0.2, 0) is 16.6 Å². The minimum atomic E-state index is -3.19. The summed E-state index contributed by atoms with van der Waals surface area (Å²) in [7, 11) is -1.56. The SMILES string of the molecule is CN(CCc1cccc(Br)c1)S(=O)(=O)N1CC1. The highest BCUT2D eigenvalue weighted by Crippen LogP contribution is 2.16. The minimum absolute atomic E-state index is 0.509. The normalized spacial score (nSPS) is 16.4. The van der Waals surface area contributed by atoms with Gasteiger partial charge in [-0.05, 0) is 24.1 Å². The lowest BCUT2D eigenvalue weighted by molar-refractivity contribution is 0.445. The fraction of sp³-hybridized carbons (Fsp3) is 0.455. The van der Waals surface area contributed by atoms with Gasteiger partial charge in [0.1, 0.15) is 0 Å². The van der Waals surface area contributed by atoms with Crippen molar-refractivity contribution < 1.29 is 8.42 Å². The first-order valence-corrected chi connectivity index (χ1v) is 7.65. The third kappa shape index (κ3) is 3.28. The first-order valence-electron chi connectivity index (χ1n) is 5.46. The molecule has 1 aliphatic rings. The van der Waals surface area contributed by atoms with Crippen LogP contribution >= 0.6 is 15.9 Å². The molecule has 1 aliphatic heterocycles. The fourth-order valence-corrected chi connectivity index (χ4v) is 3.27. The summed E-state index contributed by atoms with van der Waals surface area (Å²) < 4.78 is 27.6. The van der Waals surface area contributed by atoms with Gasteiger partial charge in [-0.2, -0.15) is 17.0 Å². The molecule has 1 saturated heterocycles. The lowest BCUT2D eigenvalue weighted by Gasteiger charge is -2.17. The van der Waals surface area contributed by atoms with E-state index in [1.807, 2.05) is 24.3 Å². The van der Waals surface area contributed by atoms with E-state index in [1.165, 1.54) is 8.61 Å². The molecule has 0 unspecified atom stereocenters. The van der Waals surface area contributed by atoms with E-state index in [4.69, 9.17) is 0 Å². The van der Waals surface area contributed by atoms with Crippen LogP contribution in [0.4, 0.5) is 0 Å². The van der Waals surface area contributed by atoms with Gasteiger partial charge >= 0.3 is 0 Å². The van der Waals surface area contributed by atoms with Crippen molar-refractivity contribution in [3.8, 4) is 0 Å². The van der Waals surface area contributed by atoms with E-state index < -0.39 is 10.2 Å². The summed E-state index contributed by atoms with van der Waals surface area (Å²) in [6.07, 6.45) is 0.725. The summed E-state index contributed by atoms with van der Waals surface area (Å²) in [5.74, 6) is 0. The monoisotopic (exact) mass is 318 g/mol. The van der Waals surface area contributed by atoms with E-state index in [0.29, 0.717) is 19.6 Å². The molecule has 6 heteroatoms. The second-order valence-electron chi connectivity index (χ2n) is 4.11. The predicted molar refractivity (Wildman–Crippen MR) is 71.0 cm³/mol. The Morgan fingerprint density at radius 2 is 2.12 bits per heavy atom. The summed E-state index contributed by atoms with van der Waals surface area (Å²) in [6, 6.07) is 7.93. The van der Waals surface area contributed by atoms with Crippen LogP contribution in [0.25, 0.3) is 0 Å². The van der Waals surface area contributed by atoms with Gasteiger partial charge in [0.25, 0.3) is 10.2 Å². The Labute approximate surface area is 111 Å². The van der Waals surface area contributed by atoms with Crippen molar-refractivity contribution in [3.05, 3.63) is 34.3 Å². The summed E-state index contributed by atoms with van der Waals surface area (Å²) >= 11 is 3.40. The van der Waals surface area contributed by atoms with Crippen molar-refractivity contribution in [1.82, 2.24) is 8.61 Å². The molecule has 0 amide bonds. The molecule has 1 fully saturated rings. The van der Waals surface area contributed by atoms with E-state index in [0.717, 1.165) is 16.5 Å². The topological polar surface area (TPSA) is 40.4 Å². The average Bonchev–Trinajstić information content (AvgIpc) is 3.09. The molecule has 0 bridgehead atoms. The molecule has 0 radical (unpaired) electrons. The molecule has 1 aromatic rings. The van der Waals surface area contributed by atoms with Crippen LogP contribution in [0.5, 0.6) is 0 Å². The highest BCUT2D eigenvalue weighted by molar-refractivity contribution is 9.10. The Balaban J connectivity index is 1.94. The number of rotatable bonds is 5. The molecule has 17 heavy (non-hydrogen) atoms. The average molecular weight is 319 g/mol. The maximum Gasteiger partial charge on any atom is 0.281 e. The van der Waals surface area contributed by atoms with Gasteiger partial charge in [-0.15, -0.1) is 0 Å². The van der Waals surface area contributed by atoms with E-state index in [9.17, 15) is 8.42 Å². The number of nitrogens with zero attached hydrogens (tertiary/aromatic N) is 2. The Kier molecular flexibility index (Phi) is 3.87. The third-order valence-corrected chi connectivity index (χ3v) is 5.21. The molecule has 0 aliphatic carbocycles. The van der Waals surface area contributed by atoms with Crippen LogP contribution in [0.3, 0.4) is 0 Å². The Bertz CT molecular complexity index is 500. The Morgan fingerprint density at radius 3 is 2.71 bits per heavy atom. The molecule has 1 aromatic carbocycles. The van der Waals surface area contributed by atoms with E-state index in [1.54, 1.807) is 7.05 Å². The van der Waals surface area contributed by atoms with Gasteiger partial charge in [0.15, 0.2) is 0 Å². The van der Waals surface area contributed by atoms with Gasteiger partial charge in [0.05, 0.1) is 0 Å². The van der Waals surface area contributed by atoms with Gasteiger partial charge in [-0.25, -0.2) is 0 Å². The highest BCUT2D eigenvalue weighted by Gasteiger charge is 2.34. The maximum atomic E-state index is 11.8. The van der Waals surface area contributed by atoms with Crippen LogP contribution in [0, 0.1) is 0 Å². The van der Waals surface area contributed by atoms with Crippen LogP contribution < -0.4 is 0 Å². The highest BCUT2D eigenvalue weighted by atomic mass is 79.9. The van der Waals surface area contributed by atoms with Gasteiger partial charge in [0, 0.05) is 31.2 Å². The van der Waals surface area contributed by atoms with Gasteiger partial charge in [-0.1, -0.05) is 28.1 Å². The van der Waals surface area contributed by atoms with Crippen molar-refractivity contribution in [2.75, 3.05) is 26.7 Å². The number of hydrogen-bond donors (Lipinski definition) is 0. The van der Waals surface area contributed by atoms with Gasteiger partial charge in [-0.3, -0.25) is 0 Å².